The van der Waals surface area contributed by atoms with Gasteiger partial charge in [0.2, 0.25) is 0 Å². The van der Waals surface area contributed by atoms with Crippen molar-refractivity contribution in [3.63, 3.8) is 0 Å². The zero-order chi connectivity index (χ0) is 16.6. The number of hydrogen-bond acceptors (Lipinski definition) is 3. The number of morpholine rings is 1. The standard InChI is InChI=1S/C19H27N3O2/c23-19(21-20-18-5-3-1-2-4-6-18)17-9-7-16(8-10-17)15-22-11-13-24-14-12-22/h7-10H,1-6,11-15H2,(H,21,23)/p+1. The molecule has 3 rings (SSSR count). The number of hydrazone groups is 1. The molecule has 1 amide bonds. The van der Waals surface area contributed by atoms with Gasteiger partial charge in [-0.15, -0.1) is 0 Å². The fourth-order valence-electron chi connectivity index (χ4n) is 3.34. The summed E-state index contributed by atoms with van der Waals surface area (Å²) in [5.41, 5.74) is 5.79. The van der Waals surface area contributed by atoms with Crippen molar-refractivity contribution in [2.45, 2.75) is 45.1 Å². The lowest BCUT2D eigenvalue weighted by Gasteiger charge is -2.23. The monoisotopic (exact) mass is 330 g/mol. The van der Waals surface area contributed by atoms with Gasteiger partial charge >= 0.3 is 0 Å². The molecule has 1 aliphatic heterocycles. The van der Waals surface area contributed by atoms with Gasteiger partial charge in [-0.1, -0.05) is 25.0 Å². The largest absolute Gasteiger partial charge is 0.370 e. The van der Waals surface area contributed by atoms with E-state index in [9.17, 15) is 4.79 Å². The van der Waals surface area contributed by atoms with Crippen LogP contribution in [0.25, 0.3) is 0 Å². The third-order valence-corrected chi connectivity index (χ3v) is 4.87. The van der Waals surface area contributed by atoms with Gasteiger partial charge in [0.15, 0.2) is 0 Å². The number of carbonyl (C=O) groups is 1. The highest BCUT2D eigenvalue weighted by Gasteiger charge is 2.14. The first-order chi connectivity index (χ1) is 11.8. The molecule has 2 aliphatic rings. The highest BCUT2D eigenvalue weighted by Crippen LogP contribution is 2.14. The number of nitrogens with zero attached hydrogens (tertiary/aromatic N) is 1. The summed E-state index contributed by atoms with van der Waals surface area (Å²) in [4.78, 5) is 13.8. The van der Waals surface area contributed by atoms with Crippen LogP contribution in [0.5, 0.6) is 0 Å². The summed E-state index contributed by atoms with van der Waals surface area (Å²) in [5.74, 6) is -0.114. The molecule has 24 heavy (non-hydrogen) atoms. The molecule has 1 aromatic carbocycles. The zero-order valence-corrected chi connectivity index (χ0v) is 14.4. The average Bonchev–Trinajstić information content (AvgIpc) is 2.90. The fourth-order valence-corrected chi connectivity index (χ4v) is 3.34. The van der Waals surface area contributed by atoms with Crippen LogP contribution in [0.1, 0.15) is 54.4 Å². The molecule has 5 heteroatoms. The number of carbonyl (C=O) groups excluding carboxylic acids is 1. The van der Waals surface area contributed by atoms with E-state index in [4.69, 9.17) is 4.74 Å². The Kier molecular flexibility index (Phi) is 6.38. The average molecular weight is 330 g/mol. The van der Waals surface area contributed by atoms with Crippen LogP contribution in [0, 0.1) is 0 Å². The van der Waals surface area contributed by atoms with Crippen molar-refractivity contribution in [3.05, 3.63) is 35.4 Å². The number of hydrogen-bond donors (Lipinski definition) is 2. The molecule has 0 spiro atoms. The van der Waals surface area contributed by atoms with Crippen molar-refractivity contribution in [1.29, 1.82) is 0 Å². The number of amides is 1. The SMILES string of the molecule is O=C(NN=C1CCCCCC1)c1ccc(C[NH+]2CCOCC2)cc1. The molecule has 0 atom stereocenters. The maximum Gasteiger partial charge on any atom is 0.271 e. The van der Waals surface area contributed by atoms with Crippen molar-refractivity contribution in [2.75, 3.05) is 26.3 Å². The first kappa shape index (κ1) is 17.1. The van der Waals surface area contributed by atoms with Crippen LogP contribution >= 0.6 is 0 Å². The minimum Gasteiger partial charge on any atom is -0.370 e. The summed E-state index contributed by atoms with van der Waals surface area (Å²) in [6.07, 6.45) is 6.96. The molecule has 1 saturated heterocycles. The van der Waals surface area contributed by atoms with Crippen LogP contribution in [0.4, 0.5) is 0 Å². The van der Waals surface area contributed by atoms with Gasteiger partial charge in [0.25, 0.3) is 5.91 Å². The Labute approximate surface area is 144 Å². The zero-order valence-electron chi connectivity index (χ0n) is 14.4. The summed E-state index contributed by atoms with van der Waals surface area (Å²) < 4.78 is 5.39. The van der Waals surface area contributed by atoms with Crippen LogP contribution in [-0.2, 0) is 11.3 Å². The molecule has 1 aliphatic carbocycles. The number of rotatable bonds is 4. The Balaban J connectivity index is 1.52. The molecular formula is C19H28N3O2+. The number of nitrogens with one attached hydrogen (secondary N) is 2. The maximum atomic E-state index is 12.2. The summed E-state index contributed by atoms with van der Waals surface area (Å²) in [6.45, 7) is 4.79. The van der Waals surface area contributed by atoms with Crippen molar-refractivity contribution in [1.82, 2.24) is 5.43 Å². The maximum absolute atomic E-state index is 12.2. The fraction of sp³-hybridized carbons (Fsp3) is 0.579. The predicted molar refractivity (Wildman–Crippen MR) is 94.3 cm³/mol. The van der Waals surface area contributed by atoms with Gasteiger partial charge < -0.3 is 9.64 Å². The van der Waals surface area contributed by atoms with E-state index in [1.807, 2.05) is 12.1 Å². The second kappa shape index (κ2) is 8.94. The molecule has 1 aromatic rings. The Morgan fingerprint density at radius 2 is 1.71 bits per heavy atom. The van der Waals surface area contributed by atoms with Gasteiger partial charge in [0.1, 0.15) is 19.6 Å². The number of quaternary nitrogens is 1. The van der Waals surface area contributed by atoms with E-state index < -0.39 is 0 Å². The summed E-state index contributed by atoms with van der Waals surface area (Å²) in [7, 11) is 0. The lowest BCUT2D eigenvalue weighted by Crippen LogP contribution is -3.12. The van der Waals surface area contributed by atoms with Crippen LogP contribution in [0.15, 0.2) is 29.4 Å². The minimum atomic E-state index is -0.114. The van der Waals surface area contributed by atoms with E-state index in [2.05, 4.69) is 22.7 Å². The quantitative estimate of drug-likeness (QED) is 0.650. The molecular weight excluding hydrogens is 302 g/mol. The normalized spacial score (nSPS) is 19.6. The first-order valence-corrected chi connectivity index (χ1v) is 9.17. The van der Waals surface area contributed by atoms with E-state index in [1.54, 1.807) is 4.90 Å². The van der Waals surface area contributed by atoms with Crippen molar-refractivity contribution < 1.29 is 14.4 Å². The van der Waals surface area contributed by atoms with Gasteiger partial charge in [-0.2, -0.15) is 5.10 Å². The van der Waals surface area contributed by atoms with E-state index in [1.165, 1.54) is 31.2 Å². The molecule has 0 radical (unpaired) electrons. The molecule has 0 bridgehead atoms. The topological polar surface area (TPSA) is 55.1 Å². The number of ether oxygens (including phenoxy) is 1. The van der Waals surface area contributed by atoms with Crippen LogP contribution in [-0.4, -0.2) is 37.9 Å². The van der Waals surface area contributed by atoms with Crippen molar-refractivity contribution >= 4 is 11.6 Å². The molecule has 1 heterocycles. The van der Waals surface area contributed by atoms with Crippen LogP contribution in [0.3, 0.4) is 0 Å². The van der Waals surface area contributed by atoms with Gasteiger partial charge in [0, 0.05) is 16.8 Å². The Morgan fingerprint density at radius 1 is 1.04 bits per heavy atom. The van der Waals surface area contributed by atoms with Crippen molar-refractivity contribution in [2.24, 2.45) is 5.10 Å². The smallest absolute Gasteiger partial charge is 0.271 e. The van der Waals surface area contributed by atoms with Gasteiger partial charge in [0.05, 0.1) is 13.2 Å². The van der Waals surface area contributed by atoms with Crippen molar-refractivity contribution in [3.8, 4) is 0 Å². The molecule has 1 saturated carbocycles. The molecule has 0 aromatic heterocycles. The molecule has 0 unspecified atom stereocenters. The van der Waals surface area contributed by atoms with Crippen LogP contribution < -0.4 is 10.3 Å². The van der Waals surface area contributed by atoms with Gasteiger partial charge in [-0.3, -0.25) is 4.79 Å². The Hall–Kier alpha value is -1.72. The molecule has 5 nitrogen and oxygen atoms in total. The van der Waals surface area contributed by atoms with E-state index >= 15 is 0 Å². The van der Waals surface area contributed by atoms with E-state index in [0.717, 1.165) is 51.4 Å². The van der Waals surface area contributed by atoms with Gasteiger partial charge in [-0.25, -0.2) is 5.43 Å². The summed E-state index contributed by atoms with van der Waals surface area (Å²) >= 11 is 0. The second-order valence-corrected chi connectivity index (χ2v) is 6.77. The molecule has 2 N–H and O–H groups in total. The lowest BCUT2D eigenvalue weighted by molar-refractivity contribution is -0.921. The third kappa shape index (κ3) is 5.14. The highest BCUT2D eigenvalue weighted by atomic mass is 16.5. The van der Waals surface area contributed by atoms with Gasteiger partial charge in [-0.05, 0) is 37.8 Å². The minimum absolute atomic E-state index is 0.114. The lowest BCUT2D eigenvalue weighted by atomic mass is 10.1. The molecule has 130 valence electrons. The van der Waals surface area contributed by atoms with Crippen LogP contribution in [0.2, 0.25) is 0 Å². The highest BCUT2D eigenvalue weighted by molar-refractivity contribution is 5.95. The Bertz CT molecular complexity index is 552. The van der Waals surface area contributed by atoms with E-state index in [-0.39, 0.29) is 5.91 Å². The second-order valence-electron chi connectivity index (χ2n) is 6.77. The first-order valence-electron chi connectivity index (χ1n) is 9.17. The predicted octanol–water partition coefficient (Wildman–Crippen LogP) is 1.54. The summed E-state index contributed by atoms with van der Waals surface area (Å²) in [6, 6.07) is 7.90. The molecule has 2 fully saturated rings. The Morgan fingerprint density at radius 3 is 2.38 bits per heavy atom. The third-order valence-electron chi connectivity index (χ3n) is 4.87. The number of benzene rings is 1. The van der Waals surface area contributed by atoms with E-state index in [0.29, 0.717) is 5.56 Å². The summed E-state index contributed by atoms with van der Waals surface area (Å²) in [5, 5.41) is 4.33.